The topological polar surface area (TPSA) is 15.3 Å². The molecule has 0 atom stereocenters. The van der Waals surface area contributed by atoms with Crippen LogP contribution in [0.4, 0.5) is 0 Å². The van der Waals surface area contributed by atoms with Crippen molar-refractivity contribution in [2.75, 3.05) is 20.1 Å². The van der Waals surface area contributed by atoms with E-state index >= 15 is 0 Å². The molecule has 0 radical (unpaired) electrons. The number of rotatable bonds is 6. The smallest absolute Gasteiger partial charge is 0.0206 e. The van der Waals surface area contributed by atoms with Gasteiger partial charge in [0.2, 0.25) is 0 Å². The molecule has 0 aromatic heterocycles. The first kappa shape index (κ1) is 15.0. The highest BCUT2D eigenvalue weighted by Gasteiger charge is 2.18. The van der Waals surface area contributed by atoms with Crippen LogP contribution < -0.4 is 5.32 Å². The van der Waals surface area contributed by atoms with Crippen molar-refractivity contribution in [3.63, 3.8) is 0 Å². The summed E-state index contributed by atoms with van der Waals surface area (Å²) >= 11 is 3.54. The van der Waals surface area contributed by atoms with E-state index in [4.69, 9.17) is 0 Å². The molecule has 1 aromatic carbocycles. The van der Waals surface area contributed by atoms with Crippen LogP contribution in [-0.4, -0.2) is 31.1 Å². The molecule has 0 bridgehead atoms. The van der Waals surface area contributed by atoms with Crippen molar-refractivity contribution in [2.45, 2.75) is 45.2 Å². The largest absolute Gasteiger partial charge is 0.311 e. The van der Waals surface area contributed by atoms with Crippen LogP contribution in [0.25, 0.3) is 0 Å². The van der Waals surface area contributed by atoms with Crippen molar-refractivity contribution < 1.29 is 0 Å². The molecule has 1 saturated carbocycles. The summed E-state index contributed by atoms with van der Waals surface area (Å²) in [4.78, 5) is 2.52. The van der Waals surface area contributed by atoms with Gasteiger partial charge in [0.15, 0.2) is 0 Å². The predicted octanol–water partition coefficient (Wildman–Crippen LogP) is 3.72. The number of nitrogens with zero attached hydrogens (tertiary/aromatic N) is 1. The summed E-state index contributed by atoms with van der Waals surface area (Å²) in [5.74, 6) is 0. The molecule has 2 rings (SSSR count). The molecule has 3 heteroatoms. The highest BCUT2D eigenvalue weighted by Crippen LogP contribution is 2.21. The highest BCUT2D eigenvalue weighted by atomic mass is 79.9. The summed E-state index contributed by atoms with van der Waals surface area (Å²) < 4.78 is 1.19. The Hall–Kier alpha value is -0.380. The Morgan fingerprint density at radius 1 is 1.32 bits per heavy atom. The van der Waals surface area contributed by atoms with Crippen LogP contribution >= 0.6 is 15.9 Å². The monoisotopic (exact) mass is 324 g/mol. The zero-order valence-electron chi connectivity index (χ0n) is 12.1. The average Bonchev–Trinajstić information content (AvgIpc) is 2.92. The fourth-order valence-corrected chi connectivity index (χ4v) is 3.08. The van der Waals surface area contributed by atoms with Gasteiger partial charge in [-0.05, 0) is 44.0 Å². The van der Waals surface area contributed by atoms with Gasteiger partial charge in [0, 0.05) is 30.1 Å². The van der Waals surface area contributed by atoms with Gasteiger partial charge in [0.25, 0.3) is 0 Å². The number of halogens is 1. The second kappa shape index (κ2) is 7.41. The second-order valence-corrected chi connectivity index (χ2v) is 6.53. The van der Waals surface area contributed by atoms with E-state index in [9.17, 15) is 0 Å². The molecule has 1 aliphatic rings. The van der Waals surface area contributed by atoms with Gasteiger partial charge in [0.05, 0.1) is 0 Å². The van der Waals surface area contributed by atoms with E-state index in [0.29, 0.717) is 0 Å². The number of hydrogen-bond donors (Lipinski definition) is 1. The normalized spacial score (nSPS) is 16.4. The number of aryl methyl sites for hydroxylation is 1. The van der Waals surface area contributed by atoms with Crippen molar-refractivity contribution in [3.05, 3.63) is 33.8 Å². The summed E-state index contributed by atoms with van der Waals surface area (Å²) in [5, 5.41) is 3.55. The number of likely N-dealkylation sites (N-methyl/N-ethyl adjacent to an activating group) is 1. The minimum atomic E-state index is 0.830. The second-order valence-electron chi connectivity index (χ2n) is 5.68. The molecule has 1 aromatic rings. The Labute approximate surface area is 125 Å². The summed E-state index contributed by atoms with van der Waals surface area (Å²) in [6.07, 6.45) is 5.62. The van der Waals surface area contributed by atoms with E-state index in [0.717, 1.165) is 25.7 Å². The average molecular weight is 325 g/mol. The lowest BCUT2D eigenvalue weighted by Gasteiger charge is -2.24. The third kappa shape index (κ3) is 4.59. The first-order valence-electron chi connectivity index (χ1n) is 7.33. The fraction of sp³-hybridized carbons (Fsp3) is 0.625. The van der Waals surface area contributed by atoms with E-state index < -0.39 is 0 Å². The van der Waals surface area contributed by atoms with Crippen molar-refractivity contribution in [3.8, 4) is 0 Å². The van der Waals surface area contributed by atoms with Crippen LogP contribution in [0.5, 0.6) is 0 Å². The van der Waals surface area contributed by atoms with Crippen molar-refractivity contribution in [1.82, 2.24) is 10.2 Å². The zero-order valence-corrected chi connectivity index (χ0v) is 13.7. The third-order valence-corrected chi connectivity index (χ3v) is 5.03. The van der Waals surface area contributed by atoms with E-state index in [2.05, 4.69) is 58.3 Å². The van der Waals surface area contributed by atoms with E-state index in [1.54, 1.807) is 0 Å². The molecule has 1 aliphatic carbocycles. The highest BCUT2D eigenvalue weighted by molar-refractivity contribution is 9.10. The zero-order chi connectivity index (χ0) is 13.7. The molecule has 0 spiro atoms. The van der Waals surface area contributed by atoms with Gasteiger partial charge in [0.1, 0.15) is 0 Å². The van der Waals surface area contributed by atoms with Crippen LogP contribution in [0.15, 0.2) is 22.7 Å². The molecule has 2 nitrogen and oxygen atoms in total. The standard InChI is InChI=1S/C16H25BrN2/c1-13-11-14(7-8-16(13)17)12-18-9-10-19(2)15-5-3-4-6-15/h7-8,11,15,18H,3-6,9-10,12H2,1-2H3. The van der Waals surface area contributed by atoms with Gasteiger partial charge >= 0.3 is 0 Å². The number of nitrogens with one attached hydrogen (secondary N) is 1. The van der Waals surface area contributed by atoms with E-state index in [-0.39, 0.29) is 0 Å². The van der Waals surface area contributed by atoms with Crippen LogP contribution in [0, 0.1) is 6.92 Å². The molecule has 0 unspecified atom stereocenters. The van der Waals surface area contributed by atoms with Crippen molar-refractivity contribution in [1.29, 1.82) is 0 Å². The van der Waals surface area contributed by atoms with E-state index in [1.807, 2.05) is 0 Å². The Kier molecular flexibility index (Phi) is 5.86. The first-order valence-corrected chi connectivity index (χ1v) is 8.12. The van der Waals surface area contributed by atoms with Crippen LogP contribution in [0.1, 0.15) is 36.8 Å². The van der Waals surface area contributed by atoms with Gasteiger partial charge in [-0.1, -0.05) is 40.9 Å². The number of hydrogen-bond acceptors (Lipinski definition) is 2. The minimum Gasteiger partial charge on any atom is -0.311 e. The van der Waals surface area contributed by atoms with Crippen LogP contribution in [-0.2, 0) is 6.54 Å². The Bertz CT molecular complexity index is 400. The maximum absolute atomic E-state index is 3.55. The van der Waals surface area contributed by atoms with Crippen LogP contribution in [0.3, 0.4) is 0 Å². The number of benzene rings is 1. The Balaban J connectivity index is 1.67. The third-order valence-electron chi connectivity index (χ3n) is 4.14. The summed E-state index contributed by atoms with van der Waals surface area (Å²) in [6.45, 7) is 5.33. The van der Waals surface area contributed by atoms with Gasteiger partial charge in [-0.2, -0.15) is 0 Å². The molecular weight excluding hydrogens is 300 g/mol. The summed E-state index contributed by atoms with van der Waals surface area (Å²) in [5.41, 5.74) is 2.67. The molecule has 1 N–H and O–H groups in total. The summed E-state index contributed by atoms with van der Waals surface area (Å²) in [7, 11) is 2.27. The van der Waals surface area contributed by atoms with Gasteiger partial charge in [-0.3, -0.25) is 0 Å². The Morgan fingerprint density at radius 3 is 2.74 bits per heavy atom. The lowest BCUT2D eigenvalue weighted by Crippen LogP contribution is -2.35. The van der Waals surface area contributed by atoms with Gasteiger partial charge in [-0.25, -0.2) is 0 Å². The molecule has 19 heavy (non-hydrogen) atoms. The van der Waals surface area contributed by atoms with Crippen molar-refractivity contribution >= 4 is 15.9 Å². The van der Waals surface area contributed by atoms with Crippen molar-refractivity contribution in [2.24, 2.45) is 0 Å². The predicted molar refractivity (Wildman–Crippen MR) is 85.5 cm³/mol. The molecule has 0 amide bonds. The fourth-order valence-electron chi connectivity index (χ4n) is 2.83. The van der Waals surface area contributed by atoms with Gasteiger partial charge in [-0.15, -0.1) is 0 Å². The lowest BCUT2D eigenvalue weighted by atomic mass is 10.1. The molecular formula is C16H25BrN2. The maximum atomic E-state index is 3.55. The Morgan fingerprint density at radius 2 is 2.05 bits per heavy atom. The lowest BCUT2D eigenvalue weighted by molar-refractivity contribution is 0.245. The quantitative estimate of drug-likeness (QED) is 0.802. The van der Waals surface area contributed by atoms with E-state index in [1.165, 1.54) is 41.3 Å². The molecule has 106 valence electrons. The molecule has 1 fully saturated rings. The summed E-state index contributed by atoms with van der Waals surface area (Å²) in [6, 6.07) is 7.40. The first-order chi connectivity index (χ1) is 9.16. The maximum Gasteiger partial charge on any atom is 0.0206 e. The molecule has 0 saturated heterocycles. The van der Waals surface area contributed by atoms with Crippen LogP contribution in [0.2, 0.25) is 0 Å². The SMILES string of the molecule is Cc1cc(CNCCN(C)C2CCCC2)ccc1Br. The minimum absolute atomic E-state index is 0.830. The molecule has 0 aliphatic heterocycles. The van der Waals surface area contributed by atoms with Gasteiger partial charge < -0.3 is 10.2 Å². The molecule has 0 heterocycles.